The minimum absolute atomic E-state index is 0.0577. The Morgan fingerprint density at radius 1 is 1.21 bits per heavy atom. The minimum atomic E-state index is -3.98. The van der Waals surface area contributed by atoms with Gasteiger partial charge in [0.15, 0.2) is 10.7 Å². The lowest BCUT2D eigenvalue weighted by atomic mass is 9.97. The number of carbonyl (C=O) groups is 1. The summed E-state index contributed by atoms with van der Waals surface area (Å²) in [6, 6.07) is 6.51. The van der Waals surface area contributed by atoms with Gasteiger partial charge in [0.25, 0.3) is 0 Å². The first kappa shape index (κ1) is 23.7. The lowest BCUT2D eigenvalue weighted by molar-refractivity contribution is -0.120. The van der Waals surface area contributed by atoms with Gasteiger partial charge in [-0.3, -0.25) is 9.78 Å². The number of carbonyl (C=O) groups excluding carboxylic acids is 1. The average Bonchev–Trinajstić information content (AvgIpc) is 3.20. The van der Waals surface area contributed by atoms with Crippen LogP contribution in [0.1, 0.15) is 29.9 Å². The first-order chi connectivity index (χ1) is 16.3. The Morgan fingerprint density at radius 2 is 1.97 bits per heavy atom. The number of sulfonamides is 1. The van der Waals surface area contributed by atoms with Gasteiger partial charge in [-0.1, -0.05) is 5.16 Å². The summed E-state index contributed by atoms with van der Waals surface area (Å²) in [5, 5.41) is 6.55. The molecule has 1 amide bonds. The van der Waals surface area contributed by atoms with E-state index in [9.17, 15) is 22.0 Å². The number of aromatic nitrogens is 2. The number of nitrogens with one attached hydrogen (secondary N) is 1. The van der Waals surface area contributed by atoms with Crippen LogP contribution in [-0.2, 0) is 14.8 Å². The third kappa shape index (κ3) is 5.05. The molecular weight excluding hydrogens is 466 g/mol. The first-order valence-corrected chi connectivity index (χ1v) is 12.0. The van der Waals surface area contributed by atoms with Gasteiger partial charge >= 0.3 is 0 Å². The zero-order valence-corrected chi connectivity index (χ0v) is 19.1. The second-order valence-electron chi connectivity index (χ2n) is 7.87. The number of rotatable bonds is 6. The van der Waals surface area contributed by atoms with Crippen molar-refractivity contribution in [2.75, 3.05) is 18.4 Å². The molecule has 1 aliphatic heterocycles. The molecule has 0 spiro atoms. The summed E-state index contributed by atoms with van der Waals surface area (Å²) >= 11 is 0. The van der Waals surface area contributed by atoms with Crippen molar-refractivity contribution in [2.24, 2.45) is 5.92 Å². The summed E-state index contributed by atoms with van der Waals surface area (Å²) in [6.07, 6.45) is 6.42. The highest BCUT2D eigenvalue weighted by atomic mass is 32.2. The van der Waals surface area contributed by atoms with Crippen LogP contribution < -0.4 is 5.32 Å². The molecule has 2 aromatic heterocycles. The number of nitrogens with zero attached hydrogens (tertiary/aromatic N) is 3. The number of aryl methyl sites for hydroxylation is 1. The SMILES string of the molecule is Cc1noc(/C=C/c2ccc(F)cc2F)c1S(=O)(=O)N1CCC(C(=O)Nc2cccnc2)CC1. The maximum Gasteiger partial charge on any atom is 0.248 e. The molecule has 0 unspecified atom stereocenters. The van der Waals surface area contributed by atoms with E-state index in [0.29, 0.717) is 18.5 Å². The largest absolute Gasteiger partial charge is 0.355 e. The maximum absolute atomic E-state index is 13.9. The van der Waals surface area contributed by atoms with E-state index in [1.54, 1.807) is 24.5 Å². The van der Waals surface area contributed by atoms with E-state index in [-0.39, 0.29) is 46.8 Å². The van der Waals surface area contributed by atoms with Crippen molar-refractivity contribution in [2.45, 2.75) is 24.7 Å². The maximum atomic E-state index is 13.9. The zero-order chi connectivity index (χ0) is 24.3. The first-order valence-electron chi connectivity index (χ1n) is 10.6. The molecular formula is C23H22F2N4O4S. The van der Waals surface area contributed by atoms with Crippen molar-refractivity contribution in [1.82, 2.24) is 14.4 Å². The van der Waals surface area contributed by atoms with E-state index >= 15 is 0 Å². The van der Waals surface area contributed by atoms with Crippen LogP contribution in [0, 0.1) is 24.5 Å². The molecule has 11 heteroatoms. The van der Waals surface area contributed by atoms with Gasteiger partial charge in [0, 0.05) is 36.8 Å². The highest BCUT2D eigenvalue weighted by molar-refractivity contribution is 7.89. The molecule has 0 bridgehead atoms. The van der Waals surface area contributed by atoms with Crippen LogP contribution >= 0.6 is 0 Å². The molecule has 1 aromatic carbocycles. The normalized spacial score (nSPS) is 15.6. The van der Waals surface area contributed by atoms with Crippen molar-refractivity contribution in [3.63, 3.8) is 0 Å². The Kier molecular flexibility index (Phi) is 6.85. The Bertz CT molecular complexity index is 1320. The van der Waals surface area contributed by atoms with Gasteiger partial charge in [0.05, 0.1) is 11.9 Å². The number of pyridine rings is 1. The van der Waals surface area contributed by atoms with Gasteiger partial charge in [-0.25, -0.2) is 17.2 Å². The van der Waals surface area contributed by atoms with Gasteiger partial charge < -0.3 is 9.84 Å². The predicted octanol–water partition coefficient (Wildman–Crippen LogP) is 3.87. The van der Waals surface area contributed by atoms with Crippen LogP contribution in [0.3, 0.4) is 0 Å². The van der Waals surface area contributed by atoms with E-state index in [1.807, 2.05) is 0 Å². The van der Waals surface area contributed by atoms with E-state index in [1.165, 1.54) is 29.4 Å². The Labute approximate surface area is 195 Å². The van der Waals surface area contributed by atoms with Crippen LogP contribution in [0.4, 0.5) is 14.5 Å². The van der Waals surface area contributed by atoms with Gasteiger partial charge in [-0.05, 0) is 56.2 Å². The molecule has 0 saturated carbocycles. The fraction of sp³-hybridized carbons (Fsp3) is 0.261. The number of hydrogen-bond acceptors (Lipinski definition) is 6. The Balaban J connectivity index is 1.47. The van der Waals surface area contributed by atoms with Gasteiger partial charge in [-0.2, -0.15) is 4.31 Å². The molecule has 0 atom stereocenters. The summed E-state index contributed by atoms with van der Waals surface area (Å²) in [5.41, 5.74) is 0.812. The summed E-state index contributed by atoms with van der Waals surface area (Å²) in [6.45, 7) is 1.79. The monoisotopic (exact) mass is 488 g/mol. The molecule has 3 aromatic rings. The van der Waals surface area contributed by atoms with Gasteiger partial charge in [0.1, 0.15) is 17.3 Å². The number of hydrogen-bond donors (Lipinski definition) is 1. The molecule has 3 heterocycles. The van der Waals surface area contributed by atoms with Crippen molar-refractivity contribution >= 4 is 33.8 Å². The number of halogens is 2. The number of amides is 1. The standard InChI is InChI=1S/C23H22F2N4O4S/c1-15-22(21(33-28-15)7-5-16-4-6-18(24)13-20(16)25)34(31,32)29-11-8-17(9-12-29)23(30)27-19-3-2-10-26-14-19/h2-7,10,13-14,17H,8-9,11-12H2,1H3,(H,27,30)/b7-5+. The van der Waals surface area contributed by atoms with Gasteiger partial charge in [0.2, 0.25) is 15.9 Å². The fourth-order valence-corrected chi connectivity index (χ4v) is 5.49. The second-order valence-corrected chi connectivity index (χ2v) is 9.74. The molecule has 1 fully saturated rings. The topological polar surface area (TPSA) is 105 Å². The molecule has 1 N–H and O–H groups in total. The molecule has 1 saturated heterocycles. The molecule has 1 aliphatic rings. The average molecular weight is 489 g/mol. The zero-order valence-electron chi connectivity index (χ0n) is 18.2. The lowest BCUT2D eigenvalue weighted by Gasteiger charge is -2.30. The predicted molar refractivity (Wildman–Crippen MR) is 121 cm³/mol. The van der Waals surface area contributed by atoms with Gasteiger partial charge in [-0.15, -0.1) is 0 Å². The number of anilines is 1. The molecule has 4 rings (SSSR count). The van der Waals surface area contributed by atoms with Crippen molar-refractivity contribution in [1.29, 1.82) is 0 Å². The van der Waals surface area contributed by atoms with E-state index in [2.05, 4.69) is 15.5 Å². The van der Waals surface area contributed by atoms with Crippen molar-refractivity contribution < 1.29 is 26.5 Å². The summed E-state index contributed by atoms with van der Waals surface area (Å²) in [5.74, 6) is -2.08. The van der Waals surface area contributed by atoms with Crippen LogP contribution in [0.15, 0.2) is 52.1 Å². The third-order valence-corrected chi connectivity index (χ3v) is 7.62. The third-order valence-electron chi connectivity index (χ3n) is 5.56. The molecule has 178 valence electrons. The molecule has 0 aliphatic carbocycles. The van der Waals surface area contributed by atoms with Crippen LogP contribution in [0.5, 0.6) is 0 Å². The Hall–Kier alpha value is -3.44. The molecule has 8 nitrogen and oxygen atoms in total. The smallest absolute Gasteiger partial charge is 0.248 e. The van der Waals surface area contributed by atoms with Crippen molar-refractivity contribution in [3.05, 3.63) is 71.4 Å². The lowest BCUT2D eigenvalue weighted by Crippen LogP contribution is -2.41. The van der Waals surface area contributed by atoms with Crippen LogP contribution in [-0.4, -0.2) is 41.9 Å². The van der Waals surface area contributed by atoms with E-state index in [4.69, 9.17) is 4.52 Å². The minimum Gasteiger partial charge on any atom is -0.355 e. The quantitative estimate of drug-likeness (QED) is 0.565. The second kappa shape index (κ2) is 9.82. The molecule has 34 heavy (non-hydrogen) atoms. The van der Waals surface area contributed by atoms with E-state index in [0.717, 1.165) is 12.1 Å². The highest BCUT2D eigenvalue weighted by Gasteiger charge is 2.36. The Morgan fingerprint density at radius 3 is 2.65 bits per heavy atom. The number of piperidine rings is 1. The van der Waals surface area contributed by atoms with E-state index < -0.39 is 21.7 Å². The van der Waals surface area contributed by atoms with Crippen LogP contribution in [0.25, 0.3) is 12.2 Å². The highest BCUT2D eigenvalue weighted by Crippen LogP contribution is 2.29. The van der Waals surface area contributed by atoms with Crippen LogP contribution in [0.2, 0.25) is 0 Å². The molecule has 0 radical (unpaired) electrons. The number of benzene rings is 1. The summed E-state index contributed by atoms with van der Waals surface area (Å²) in [7, 11) is -3.98. The van der Waals surface area contributed by atoms with Crippen molar-refractivity contribution in [3.8, 4) is 0 Å². The summed E-state index contributed by atoms with van der Waals surface area (Å²) < 4.78 is 60.2. The summed E-state index contributed by atoms with van der Waals surface area (Å²) in [4.78, 5) is 16.4. The fourth-order valence-electron chi connectivity index (χ4n) is 3.77.